The van der Waals surface area contributed by atoms with E-state index in [4.69, 9.17) is 5.11 Å². The summed E-state index contributed by atoms with van der Waals surface area (Å²) in [5, 5.41) is 8.70. The van der Waals surface area contributed by atoms with Crippen molar-refractivity contribution in [1.29, 1.82) is 0 Å². The van der Waals surface area contributed by atoms with Crippen LogP contribution in [0.5, 0.6) is 5.75 Å². The van der Waals surface area contributed by atoms with E-state index in [0.717, 1.165) is 0 Å². The van der Waals surface area contributed by atoms with Crippen molar-refractivity contribution in [2.75, 3.05) is 0 Å². The standard InChI is InChI=1S/C6H3F3INO/c7-4(8)2-1-3(12)5(9)11-6(2)10/h1,4,12H. The van der Waals surface area contributed by atoms with E-state index in [2.05, 4.69) is 4.98 Å². The maximum absolute atomic E-state index is 12.4. The molecule has 1 aromatic heterocycles. The molecule has 0 saturated carbocycles. The van der Waals surface area contributed by atoms with Crippen LogP contribution in [-0.4, -0.2) is 10.1 Å². The predicted octanol–water partition coefficient (Wildman–Crippen LogP) is 2.47. The first-order chi connectivity index (χ1) is 5.52. The van der Waals surface area contributed by atoms with Gasteiger partial charge in [0, 0.05) is 0 Å². The average Bonchev–Trinajstić information content (AvgIpc) is 1.96. The molecule has 6 heteroatoms. The SMILES string of the molecule is Oc1cc(C(F)F)c(I)nc1F. The molecular formula is C6H3F3INO. The highest BCUT2D eigenvalue weighted by Gasteiger charge is 2.16. The van der Waals surface area contributed by atoms with Gasteiger partial charge in [-0.05, 0) is 28.7 Å². The molecular weight excluding hydrogens is 286 g/mol. The third kappa shape index (κ3) is 1.79. The highest BCUT2D eigenvalue weighted by Crippen LogP contribution is 2.27. The van der Waals surface area contributed by atoms with Crippen LogP contribution in [0.25, 0.3) is 0 Å². The first-order valence-corrected chi connectivity index (χ1v) is 3.93. The lowest BCUT2D eigenvalue weighted by molar-refractivity contribution is 0.149. The van der Waals surface area contributed by atoms with Crippen molar-refractivity contribution in [3.63, 3.8) is 0 Å². The number of alkyl halides is 2. The lowest BCUT2D eigenvalue weighted by Gasteiger charge is -2.02. The number of nitrogens with zero attached hydrogens (tertiary/aromatic N) is 1. The van der Waals surface area contributed by atoms with Crippen LogP contribution in [0, 0.1) is 9.65 Å². The Morgan fingerprint density at radius 1 is 1.50 bits per heavy atom. The minimum Gasteiger partial charge on any atom is -0.504 e. The van der Waals surface area contributed by atoms with E-state index >= 15 is 0 Å². The zero-order valence-electron chi connectivity index (χ0n) is 5.56. The molecule has 66 valence electrons. The molecule has 0 unspecified atom stereocenters. The normalized spacial score (nSPS) is 10.8. The Bertz CT molecular complexity index is 305. The zero-order chi connectivity index (χ0) is 9.30. The van der Waals surface area contributed by atoms with Gasteiger partial charge in [-0.3, -0.25) is 0 Å². The largest absolute Gasteiger partial charge is 0.504 e. The van der Waals surface area contributed by atoms with Crippen molar-refractivity contribution in [1.82, 2.24) is 4.98 Å². The lowest BCUT2D eigenvalue weighted by atomic mass is 10.3. The van der Waals surface area contributed by atoms with Crippen molar-refractivity contribution < 1.29 is 18.3 Å². The van der Waals surface area contributed by atoms with Crippen molar-refractivity contribution >= 4 is 22.6 Å². The Labute approximate surface area is 79.6 Å². The summed E-state index contributed by atoms with van der Waals surface area (Å²) < 4.78 is 36.4. The third-order valence-electron chi connectivity index (χ3n) is 1.17. The molecule has 2 nitrogen and oxygen atoms in total. The van der Waals surface area contributed by atoms with Gasteiger partial charge in [-0.15, -0.1) is 0 Å². The van der Waals surface area contributed by atoms with Gasteiger partial charge >= 0.3 is 0 Å². The quantitative estimate of drug-likeness (QED) is 0.636. The van der Waals surface area contributed by atoms with Crippen LogP contribution in [0.2, 0.25) is 0 Å². The Morgan fingerprint density at radius 3 is 2.58 bits per heavy atom. The van der Waals surface area contributed by atoms with Crippen molar-refractivity contribution in [3.8, 4) is 5.75 Å². The molecule has 1 aromatic rings. The topological polar surface area (TPSA) is 33.1 Å². The van der Waals surface area contributed by atoms with Crippen LogP contribution in [0.3, 0.4) is 0 Å². The Kier molecular flexibility index (Phi) is 2.76. The second kappa shape index (κ2) is 3.46. The van der Waals surface area contributed by atoms with Crippen LogP contribution < -0.4 is 0 Å². The molecule has 0 bridgehead atoms. The van der Waals surface area contributed by atoms with Crippen molar-refractivity contribution in [3.05, 3.63) is 21.3 Å². The van der Waals surface area contributed by atoms with E-state index in [0.29, 0.717) is 6.07 Å². The van der Waals surface area contributed by atoms with Crippen LogP contribution >= 0.6 is 22.6 Å². The average molecular weight is 289 g/mol. The minimum atomic E-state index is -2.75. The molecule has 0 amide bonds. The van der Waals surface area contributed by atoms with E-state index in [9.17, 15) is 13.2 Å². The molecule has 0 aliphatic heterocycles. The zero-order valence-corrected chi connectivity index (χ0v) is 7.72. The van der Waals surface area contributed by atoms with E-state index in [1.807, 2.05) is 0 Å². The fourth-order valence-electron chi connectivity index (χ4n) is 0.627. The Hall–Kier alpha value is -0.530. The van der Waals surface area contributed by atoms with E-state index in [1.54, 1.807) is 0 Å². The van der Waals surface area contributed by atoms with Crippen LogP contribution in [-0.2, 0) is 0 Å². The predicted molar refractivity (Wildman–Crippen MR) is 43.5 cm³/mol. The van der Waals surface area contributed by atoms with Crippen LogP contribution in [0.15, 0.2) is 6.07 Å². The van der Waals surface area contributed by atoms with Gasteiger partial charge in [0.05, 0.1) is 5.56 Å². The van der Waals surface area contributed by atoms with E-state index in [-0.39, 0.29) is 3.70 Å². The minimum absolute atomic E-state index is 0.141. The number of halogens is 4. The highest BCUT2D eigenvalue weighted by atomic mass is 127. The summed E-state index contributed by atoms with van der Waals surface area (Å²) in [6, 6.07) is 0.675. The number of aromatic nitrogens is 1. The summed E-state index contributed by atoms with van der Waals surface area (Å²) >= 11 is 1.48. The lowest BCUT2D eigenvalue weighted by Crippen LogP contribution is -1.95. The number of aromatic hydroxyl groups is 1. The van der Waals surface area contributed by atoms with Gasteiger partial charge in [0.25, 0.3) is 12.4 Å². The van der Waals surface area contributed by atoms with E-state index in [1.165, 1.54) is 22.6 Å². The van der Waals surface area contributed by atoms with Gasteiger partial charge in [0.1, 0.15) is 3.70 Å². The Morgan fingerprint density at radius 2 is 2.08 bits per heavy atom. The summed E-state index contributed by atoms with van der Waals surface area (Å²) in [5.41, 5.74) is -0.463. The smallest absolute Gasteiger partial charge is 0.266 e. The first-order valence-electron chi connectivity index (χ1n) is 2.85. The number of rotatable bonds is 1. The van der Waals surface area contributed by atoms with Gasteiger partial charge in [-0.25, -0.2) is 13.8 Å². The van der Waals surface area contributed by atoms with Crippen LogP contribution in [0.1, 0.15) is 12.0 Å². The summed E-state index contributed by atoms with van der Waals surface area (Å²) in [6.07, 6.45) is -2.75. The number of hydrogen-bond acceptors (Lipinski definition) is 2. The number of hydrogen-bond donors (Lipinski definition) is 1. The molecule has 0 aliphatic carbocycles. The van der Waals surface area contributed by atoms with Gasteiger partial charge < -0.3 is 5.11 Å². The summed E-state index contributed by atoms with van der Waals surface area (Å²) in [6.45, 7) is 0. The van der Waals surface area contributed by atoms with Crippen molar-refractivity contribution in [2.45, 2.75) is 6.43 Å². The second-order valence-electron chi connectivity index (χ2n) is 1.98. The summed E-state index contributed by atoms with van der Waals surface area (Å²) in [7, 11) is 0. The summed E-state index contributed by atoms with van der Waals surface area (Å²) in [4.78, 5) is 3.08. The first kappa shape index (κ1) is 9.56. The molecule has 0 aliphatic rings. The Balaban J connectivity index is 3.23. The molecule has 0 radical (unpaired) electrons. The highest BCUT2D eigenvalue weighted by molar-refractivity contribution is 14.1. The van der Waals surface area contributed by atoms with Crippen LogP contribution in [0.4, 0.5) is 13.2 Å². The molecule has 0 atom stereocenters. The van der Waals surface area contributed by atoms with Gasteiger partial charge in [-0.2, -0.15) is 4.39 Å². The monoisotopic (exact) mass is 289 g/mol. The molecule has 1 N–H and O–H groups in total. The van der Waals surface area contributed by atoms with Gasteiger partial charge in [0.2, 0.25) is 0 Å². The van der Waals surface area contributed by atoms with Gasteiger partial charge in [-0.1, -0.05) is 0 Å². The summed E-state index contributed by atoms with van der Waals surface area (Å²) in [5.74, 6) is -1.99. The molecule has 0 fully saturated rings. The molecule has 12 heavy (non-hydrogen) atoms. The molecule has 0 saturated heterocycles. The van der Waals surface area contributed by atoms with E-state index < -0.39 is 23.7 Å². The van der Waals surface area contributed by atoms with Crippen molar-refractivity contribution in [2.24, 2.45) is 0 Å². The molecule has 1 rings (SSSR count). The second-order valence-corrected chi connectivity index (χ2v) is 3.00. The van der Waals surface area contributed by atoms with Gasteiger partial charge in [0.15, 0.2) is 5.75 Å². The molecule has 0 aromatic carbocycles. The maximum atomic E-state index is 12.4. The third-order valence-corrected chi connectivity index (χ3v) is 2.04. The molecule has 0 spiro atoms. The molecule has 1 heterocycles. The number of pyridine rings is 1. The fourth-order valence-corrected chi connectivity index (χ4v) is 1.23. The fraction of sp³-hybridized carbons (Fsp3) is 0.167. The maximum Gasteiger partial charge on any atom is 0.266 e.